The van der Waals surface area contributed by atoms with Crippen molar-refractivity contribution >= 4 is 40.0 Å². The van der Waals surface area contributed by atoms with Gasteiger partial charge in [0.2, 0.25) is 11.8 Å². The summed E-state index contributed by atoms with van der Waals surface area (Å²) in [6, 6.07) is 9.99. The smallest absolute Gasteiger partial charge is 0.248 e. The molecule has 0 spiro atoms. The Labute approximate surface area is 182 Å². The molecule has 0 fully saturated rings. The predicted molar refractivity (Wildman–Crippen MR) is 118 cm³/mol. The van der Waals surface area contributed by atoms with E-state index in [-0.39, 0.29) is 23.5 Å². The zero-order valence-electron chi connectivity index (χ0n) is 16.9. The van der Waals surface area contributed by atoms with Gasteiger partial charge in [0.1, 0.15) is 0 Å². The number of thioether (sulfide) groups is 1. The fourth-order valence-corrected chi connectivity index (χ4v) is 3.77. The van der Waals surface area contributed by atoms with E-state index in [0.29, 0.717) is 11.7 Å². The van der Waals surface area contributed by atoms with Gasteiger partial charge in [-0.05, 0) is 0 Å². The Hall–Kier alpha value is -2.92. The largest absolute Gasteiger partial charge is 0.354 e. The first-order valence-corrected chi connectivity index (χ1v) is 11.1. The minimum atomic E-state index is -0.312. The third kappa shape index (κ3) is 5.80. The van der Waals surface area contributed by atoms with E-state index in [1.54, 1.807) is 13.8 Å². The van der Waals surface area contributed by atoms with E-state index in [1.165, 1.54) is 23.1 Å². The van der Waals surface area contributed by atoms with E-state index in [1.807, 2.05) is 47.3 Å². The molecule has 158 valence electrons. The topological polar surface area (TPSA) is 114 Å². The zero-order chi connectivity index (χ0) is 21.5. The molecule has 3 aromatic rings. The quantitative estimate of drug-likeness (QED) is 0.360. The van der Waals surface area contributed by atoms with Crippen molar-refractivity contribution in [2.45, 2.75) is 25.5 Å². The van der Waals surface area contributed by atoms with E-state index >= 15 is 0 Å². The molecule has 0 radical (unpaired) electrons. The summed E-state index contributed by atoms with van der Waals surface area (Å²) in [5, 5.41) is 15.0. The first kappa shape index (κ1) is 21.8. The number of nitrogens with zero attached hydrogens (tertiary/aromatic N) is 4. The average Bonchev–Trinajstić information content (AvgIpc) is 3.36. The lowest BCUT2D eigenvalue weighted by Gasteiger charge is -2.09. The molecule has 0 bridgehead atoms. The average molecular weight is 446 g/mol. The van der Waals surface area contributed by atoms with Gasteiger partial charge < -0.3 is 9.88 Å². The number of anilines is 1. The molecular weight excluding hydrogens is 422 g/mol. The molecule has 3 rings (SSSR count). The Bertz CT molecular complexity index is 1000. The Morgan fingerprint density at radius 1 is 1.17 bits per heavy atom. The van der Waals surface area contributed by atoms with Crippen LogP contribution in [-0.2, 0) is 23.2 Å². The number of amides is 2. The van der Waals surface area contributed by atoms with Gasteiger partial charge in [-0.1, -0.05) is 55.9 Å². The highest BCUT2D eigenvalue weighted by atomic mass is 32.2. The van der Waals surface area contributed by atoms with Gasteiger partial charge in [-0.15, -0.1) is 21.5 Å². The molecule has 0 saturated heterocycles. The summed E-state index contributed by atoms with van der Waals surface area (Å²) in [6.07, 6.45) is 0. The van der Waals surface area contributed by atoms with Crippen LogP contribution < -0.4 is 16.2 Å². The van der Waals surface area contributed by atoms with Crippen LogP contribution in [0.1, 0.15) is 19.7 Å². The maximum atomic E-state index is 11.9. The molecule has 0 saturated carbocycles. The van der Waals surface area contributed by atoms with Gasteiger partial charge in [0.05, 0.1) is 18.0 Å². The van der Waals surface area contributed by atoms with E-state index in [4.69, 9.17) is 0 Å². The minimum absolute atomic E-state index is 0.116. The third-order valence-corrected chi connectivity index (χ3v) is 5.90. The molecule has 9 nitrogen and oxygen atoms in total. The van der Waals surface area contributed by atoms with Gasteiger partial charge in [-0.25, -0.2) is 4.98 Å². The van der Waals surface area contributed by atoms with Gasteiger partial charge in [0.25, 0.3) is 0 Å². The van der Waals surface area contributed by atoms with Gasteiger partial charge in [-0.2, -0.15) is 0 Å². The Balaban J connectivity index is 1.49. The summed E-state index contributed by atoms with van der Waals surface area (Å²) in [4.78, 5) is 27.9. The van der Waals surface area contributed by atoms with E-state index in [2.05, 4.69) is 31.3 Å². The van der Waals surface area contributed by atoms with E-state index in [9.17, 15) is 9.59 Å². The van der Waals surface area contributed by atoms with Gasteiger partial charge in [-0.3, -0.25) is 20.4 Å². The van der Waals surface area contributed by atoms with Crippen LogP contribution in [0.5, 0.6) is 0 Å². The maximum absolute atomic E-state index is 11.9. The molecule has 0 atom stereocenters. The minimum Gasteiger partial charge on any atom is -0.354 e. The standard InChI is InChI=1S/C19H23N7O2S2/c1-12(2)17(28)24-23-16(27)11-30-19-25-22-15(26(19)3)9-20-18-21-14(10-29-18)13-7-5-4-6-8-13/h4-8,10,12H,9,11H2,1-3H3,(H,20,21)(H,23,27)(H,24,28). The summed E-state index contributed by atoms with van der Waals surface area (Å²) >= 11 is 2.77. The lowest BCUT2D eigenvalue weighted by atomic mass is 10.2. The summed E-state index contributed by atoms with van der Waals surface area (Å²) < 4.78 is 1.82. The van der Waals surface area contributed by atoms with Crippen LogP contribution >= 0.6 is 23.1 Å². The predicted octanol–water partition coefficient (Wildman–Crippen LogP) is 2.45. The van der Waals surface area contributed by atoms with Crippen molar-refractivity contribution in [3.8, 4) is 11.3 Å². The molecule has 11 heteroatoms. The molecule has 0 aliphatic carbocycles. The number of hydrogen-bond acceptors (Lipinski definition) is 8. The highest BCUT2D eigenvalue weighted by Gasteiger charge is 2.13. The number of rotatable bonds is 8. The second kappa shape index (κ2) is 10.2. The van der Waals surface area contributed by atoms with Gasteiger partial charge in [0.15, 0.2) is 16.1 Å². The number of thiazole rings is 1. The number of aromatic nitrogens is 4. The Morgan fingerprint density at radius 3 is 2.67 bits per heavy atom. The van der Waals surface area contributed by atoms with Crippen LogP contribution in [0.3, 0.4) is 0 Å². The second-order valence-corrected chi connectivity index (χ2v) is 8.50. The molecule has 1 aromatic carbocycles. The molecule has 2 amide bonds. The molecule has 2 aromatic heterocycles. The highest BCUT2D eigenvalue weighted by Crippen LogP contribution is 2.25. The number of hydrogen-bond donors (Lipinski definition) is 3. The highest BCUT2D eigenvalue weighted by molar-refractivity contribution is 7.99. The van der Waals surface area contributed by atoms with Crippen LogP contribution in [0.2, 0.25) is 0 Å². The third-order valence-electron chi connectivity index (χ3n) is 4.08. The van der Waals surface area contributed by atoms with Crippen LogP contribution in [-0.4, -0.2) is 37.3 Å². The fraction of sp³-hybridized carbons (Fsp3) is 0.316. The lowest BCUT2D eigenvalue weighted by Crippen LogP contribution is -2.44. The lowest BCUT2D eigenvalue weighted by molar-refractivity contribution is -0.129. The normalized spacial score (nSPS) is 10.8. The molecule has 3 N–H and O–H groups in total. The van der Waals surface area contributed by atoms with Crippen molar-refractivity contribution < 1.29 is 9.59 Å². The summed E-state index contributed by atoms with van der Waals surface area (Å²) in [6.45, 7) is 3.96. The van der Waals surface area contributed by atoms with Crippen molar-refractivity contribution in [2.24, 2.45) is 13.0 Å². The number of benzene rings is 1. The zero-order valence-corrected chi connectivity index (χ0v) is 18.5. The summed E-state index contributed by atoms with van der Waals surface area (Å²) in [5.41, 5.74) is 6.76. The SMILES string of the molecule is CC(C)C(=O)NNC(=O)CSc1nnc(CNc2nc(-c3ccccc3)cs2)n1C. The molecular formula is C19H23N7O2S2. The number of carbonyl (C=O) groups is 2. The first-order valence-electron chi connectivity index (χ1n) is 9.28. The molecule has 0 aliphatic rings. The van der Waals surface area contributed by atoms with Crippen molar-refractivity contribution in [1.29, 1.82) is 0 Å². The van der Waals surface area contributed by atoms with Crippen LogP contribution in [0.15, 0.2) is 40.9 Å². The van der Waals surface area contributed by atoms with Gasteiger partial charge in [0, 0.05) is 23.9 Å². The van der Waals surface area contributed by atoms with E-state index < -0.39 is 0 Å². The maximum Gasteiger partial charge on any atom is 0.248 e. The van der Waals surface area contributed by atoms with E-state index in [0.717, 1.165) is 22.2 Å². The van der Waals surface area contributed by atoms with Crippen LogP contribution in [0.4, 0.5) is 5.13 Å². The fourth-order valence-electron chi connectivity index (χ4n) is 2.32. The molecule has 0 unspecified atom stereocenters. The van der Waals surface area contributed by atoms with Crippen LogP contribution in [0.25, 0.3) is 11.3 Å². The van der Waals surface area contributed by atoms with Crippen molar-refractivity contribution in [3.63, 3.8) is 0 Å². The van der Waals surface area contributed by atoms with Crippen molar-refractivity contribution in [1.82, 2.24) is 30.6 Å². The van der Waals surface area contributed by atoms with Crippen molar-refractivity contribution in [3.05, 3.63) is 41.5 Å². The summed E-state index contributed by atoms with van der Waals surface area (Å²) in [5.74, 6) is 0.0896. The molecule has 30 heavy (non-hydrogen) atoms. The first-order chi connectivity index (χ1) is 14.4. The molecule has 0 aliphatic heterocycles. The summed E-state index contributed by atoms with van der Waals surface area (Å²) in [7, 11) is 1.84. The number of nitrogens with one attached hydrogen (secondary N) is 3. The Kier molecular flexibility index (Phi) is 7.41. The van der Waals surface area contributed by atoms with Crippen LogP contribution in [0, 0.1) is 5.92 Å². The monoisotopic (exact) mass is 445 g/mol. The second-order valence-electron chi connectivity index (χ2n) is 6.70. The van der Waals surface area contributed by atoms with Crippen molar-refractivity contribution in [2.75, 3.05) is 11.1 Å². The molecule has 2 heterocycles. The van der Waals surface area contributed by atoms with Gasteiger partial charge >= 0.3 is 0 Å². The number of carbonyl (C=O) groups excluding carboxylic acids is 2. The number of hydrazine groups is 1. The Morgan fingerprint density at radius 2 is 1.93 bits per heavy atom.